The van der Waals surface area contributed by atoms with Gasteiger partial charge < -0.3 is 22.7 Å². The summed E-state index contributed by atoms with van der Waals surface area (Å²) in [7, 11) is 0. The molecule has 0 fully saturated rings. The molecule has 2 heterocycles. The standard InChI is InChI=1S/C29H23N5O.BrH/c30-29-31-27-26(28(35)32-29)33(18-21-12-15-23-8-4-5-9-25(23)16-21)19-34(27)17-20-10-13-24(14-11-20)22-6-2-1-3-7-22;/h1-16,19H,17-18H2,(H2-,30,31,32,35);1H. The largest absolute Gasteiger partial charge is 1.00 e. The third kappa shape index (κ3) is 4.53. The van der Waals surface area contributed by atoms with E-state index < -0.39 is 0 Å². The van der Waals surface area contributed by atoms with Gasteiger partial charge in [0.15, 0.2) is 0 Å². The van der Waals surface area contributed by atoms with Crippen LogP contribution >= 0.6 is 0 Å². The van der Waals surface area contributed by atoms with Crippen LogP contribution in [0.1, 0.15) is 11.1 Å². The summed E-state index contributed by atoms with van der Waals surface area (Å²) in [4.78, 5) is 20.0. The Bertz CT molecular complexity index is 1720. The van der Waals surface area contributed by atoms with Gasteiger partial charge in [0.1, 0.15) is 13.1 Å². The van der Waals surface area contributed by atoms with E-state index in [1.165, 1.54) is 16.3 Å². The highest BCUT2D eigenvalue weighted by Crippen LogP contribution is 2.20. The molecule has 2 aromatic heterocycles. The van der Waals surface area contributed by atoms with Gasteiger partial charge in [-0.2, -0.15) is 4.98 Å². The van der Waals surface area contributed by atoms with Gasteiger partial charge in [0.2, 0.25) is 12.3 Å². The normalized spacial score (nSPS) is 11.0. The highest BCUT2D eigenvalue weighted by Gasteiger charge is 2.22. The lowest BCUT2D eigenvalue weighted by Gasteiger charge is -2.03. The Hall–Kier alpha value is -4.23. The Morgan fingerprint density at radius 3 is 2.25 bits per heavy atom. The summed E-state index contributed by atoms with van der Waals surface area (Å²) in [6.07, 6.45) is 1.95. The maximum Gasteiger partial charge on any atom is 0.304 e. The van der Waals surface area contributed by atoms with Crippen molar-refractivity contribution in [2.75, 3.05) is 5.73 Å². The average molecular weight is 538 g/mol. The minimum atomic E-state index is -0.244. The maximum atomic E-state index is 12.9. The molecule has 6 aromatic rings. The lowest BCUT2D eigenvalue weighted by atomic mass is 10.0. The molecular weight excluding hydrogens is 514 g/mol. The third-order valence-corrected chi connectivity index (χ3v) is 6.31. The molecule has 178 valence electrons. The van der Waals surface area contributed by atoms with Gasteiger partial charge in [-0.05, 0) is 39.1 Å². The van der Waals surface area contributed by atoms with Crippen LogP contribution in [0.5, 0.6) is 0 Å². The second-order valence-corrected chi connectivity index (χ2v) is 8.74. The van der Waals surface area contributed by atoms with Gasteiger partial charge in [-0.15, -0.1) is 0 Å². The number of halogens is 1. The van der Waals surface area contributed by atoms with Crippen molar-refractivity contribution in [1.82, 2.24) is 14.5 Å². The molecule has 0 saturated carbocycles. The van der Waals surface area contributed by atoms with Crippen molar-refractivity contribution in [2.24, 2.45) is 0 Å². The van der Waals surface area contributed by atoms with Crippen LogP contribution < -0.4 is 32.8 Å². The van der Waals surface area contributed by atoms with Crippen molar-refractivity contribution >= 4 is 27.9 Å². The van der Waals surface area contributed by atoms with Crippen LogP contribution in [0.15, 0.2) is 108 Å². The number of nitrogens with two attached hydrogens (primary N) is 1. The first kappa shape index (κ1) is 23.5. The number of nitrogens with zero attached hydrogens (tertiary/aromatic N) is 3. The molecular formula is C29H24BrN5O. The zero-order valence-electron chi connectivity index (χ0n) is 19.4. The van der Waals surface area contributed by atoms with E-state index in [2.05, 4.69) is 76.7 Å². The van der Waals surface area contributed by atoms with Crippen LogP contribution in [0.4, 0.5) is 5.95 Å². The first-order valence-corrected chi connectivity index (χ1v) is 11.5. The van der Waals surface area contributed by atoms with Gasteiger partial charge in [-0.1, -0.05) is 91.0 Å². The molecule has 0 aliphatic rings. The van der Waals surface area contributed by atoms with Gasteiger partial charge in [-0.3, -0.25) is 9.78 Å². The Kier molecular flexibility index (Phi) is 6.40. The maximum absolute atomic E-state index is 12.9. The van der Waals surface area contributed by atoms with Crippen LogP contribution in [0.3, 0.4) is 0 Å². The number of rotatable bonds is 5. The van der Waals surface area contributed by atoms with E-state index in [0.717, 1.165) is 16.7 Å². The topological polar surface area (TPSA) is 80.6 Å². The average Bonchev–Trinajstić information content (AvgIpc) is 3.21. The van der Waals surface area contributed by atoms with E-state index in [9.17, 15) is 4.79 Å². The number of aromatic amines is 1. The molecule has 3 N–H and O–H groups in total. The minimum absolute atomic E-state index is 0. The fourth-order valence-electron chi connectivity index (χ4n) is 4.61. The quantitative estimate of drug-likeness (QED) is 0.327. The number of H-pyrrole nitrogens is 1. The summed E-state index contributed by atoms with van der Waals surface area (Å²) in [5, 5.41) is 2.36. The molecule has 0 amide bonds. The molecule has 0 aliphatic heterocycles. The van der Waals surface area contributed by atoms with Gasteiger partial charge in [0.25, 0.3) is 11.2 Å². The Morgan fingerprint density at radius 1 is 0.806 bits per heavy atom. The summed E-state index contributed by atoms with van der Waals surface area (Å²) in [5.74, 6) is 0.110. The van der Waals surface area contributed by atoms with Crippen molar-refractivity contribution in [1.29, 1.82) is 0 Å². The molecule has 6 nitrogen and oxygen atoms in total. The van der Waals surface area contributed by atoms with Crippen molar-refractivity contribution in [3.8, 4) is 11.1 Å². The SMILES string of the molecule is Nc1nc2c(c(=O)[nH]1)[n+](Cc1ccc3ccccc3c1)cn2Cc1ccc(-c2ccccc2)cc1.[Br-]. The molecule has 4 aromatic carbocycles. The van der Waals surface area contributed by atoms with Gasteiger partial charge in [-0.25, -0.2) is 9.13 Å². The van der Waals surface area contributed by atoms with Crippen LogP contribution in [0, 0.1) is 0 Å². The Morgan fingerprint density at radius 2 is 1.47 bits per heavy atom. The molecule has 6 rings (SSSR count). The van der Waals surface area contributed by atoms with Crippen molar-refractivity contribution in [2.45, 2.75) is 13.1 Å². The second kappa shape index (κ2) is 9.79. The molecule has 36 heavy (non-hydrogen) atoms. The van der Waals surface area contributed by atoms with Gasteiger partial charge in [0.05, 0.1) is 0 Å². The van der Waals surface area contributed by atoms with Crippen molar-refractivity contribution in [3.05, 3.63) is 125 Å². The fourth-order valence-corrected chi connectivity index (χ4v) is 4.61. The number of nitrogens with one attached hydrogen (secondary N) is 1. The number of hydrogen-bond donors (Lipinski definition) is 2. The van der Waals surface area contributed by atoms with E-state index in [-0.39, 0.29) is 28.5 Å². The number of anilines is 1. The number of benzene rings is 4. The number of imidazole rings is 1. The molecule has 0 unspecified atom stereocenters. The van der Waals surface area contributed by atoms with Crippen molar-refractivity contribution < 1.29 is 21.5 Å². The predicted octanol–water partition coefficient (Wildman–Crippen LogP) is 1.52. The minimum Gasteiger partial charge on any atom is -1.00 e. The highest BCUT2D eigenvalue weighted by molar-refractivity contribution is 5.83. The van der Waals surface area contributed by atoms with Gasteiger partial charge >= 0.3 is 5.56 Å². The Labute approximate surface area is 218 Å². The van der Waals surface area contributed by atoms with Gasteiger partial charge in [0, 0.05) is 0 Å². The zero-order valence-corrected chi connectivity index (χ0v) is 21.0. The van der Waals surface area contributed by atoms with Crippen molar-refractivity contribution in [3.63, 3.8) is 0 Å². The number of nitrogen functional groups attached to an aromatic ring is 1. The van der Waals surface area contributed by atoms with Crippen LogP contribution in [-0.2, 0) is 13.1 Å². The Balaban J connectivity index is 0.00000267. The molecule has 0 bridgehead atoms. The monoisotopic (exact) mass is 537 g/mol. The van der Waals surface area contributed by atoms with E-state index in [0.29, 0.717) is 24.3 Å². The summed E-state index contributed by atoms with van der Waals surface area (Å²) in [5.41, 5.74) is 11.3. The summed E-state index contributed by atoms with van der Waals surface area (Å²) in [6, 6.07) is 33.4. The van der Waals surface area contributed by atoms with E-state index in [1.54, 1.807) is 0 Å². The highest BCUT2D eigenvalue weighted by atomic mass is 79.9. The first-order chi connectivity index (χ1) is 17.1. The first-order valence-electron chi connectivity index (χ1n) is 11.5. The molecule has 0 spiro atoms. The second-order valence-electron chi connectivity index (χ2n) is 8.74. The molecule has 0 aliphatic carbocycles. The fraction of sp³-hybridized carbons (Fsp3) is 0.0690. The molecule has 7 heteroatoms. The summed E-state index contributed by atoms with van der Waals surface area (Å²) >= 11 is 0. The molecule has 0 radical (unpaired) electrons. The zero-order chi connectivity index (χ0) is 23.8. The summed E-state index contributed by atoms with van der Waals surface area (Å²) in [6.45, 7) is 1.13. The molecule has 0 saturated heterocycles. The third-order valence-electron chi connectivity index (χ3n) is 6.31. The number of fused-ring (bicyclic) bond motifs is 2. The van der Waals surface area contributed by atoms with E-state index in [1.807, 2.05) is 45.8 Å². The number of hydrogen-bond acceptors (Lipinski definition) is 3. The van der Waals surface area contributed by atoms with Crippen LogP contribution in [0.2, 0.25) is 0 Å². The van der Waals surface area contributed by atoms with E-state index in [4.69, 9.17) is 5.73 Å². The summed E-state index contributed by atoms with van der Waals surface area (Å²) < 4.78 is 3.93. The predicted molar refractivity (Wildman–Crippen MR) is 139 cm³/mol. The van der Waals surface area contributed by atoms with Crippen LogP contribution in [-0.4, -0.2) is 14.5 Å². The number of aromatic nitrogens is 4. The van der Waals surface area contributed by atoms with E-state index >= 15 is 0 Å². The smallest absolute Gasteiger partial charge is 0.304 e. The van der Waals surface area contributed by atoms with Crippen LogP contribution in [0.25, 0.3) is 33.1 Å². The lowest BCUT2D eigenvalue weighted by molar-refractivity contribution is -0.663. The lowest BCUT2D eigenvalue weighted by Crippen LogP contribution is -3.00. The molecule has 0 atom stereocenters.